The molecule has 0 fully saturated rings. The monoisotopic (exact) mass is 245 g/mol. The summed E-state index contributed by atoms with van der Waals surface area (Å²) in [4.78, 5) is 0. The van der Waals surface area contributed by atoms with Crippen LogP contribution in [0.15, 0.2) is 84.5 Å². The molecule has 3 rings (SSSR count). The van der Waals surface area contributed by atoms with Crippen molar-refractivity contribution in [3.8, 4) is 0 Å². The Morgan fingerprint density at radius 1 is 0.684 bits per heavy atom. The molecule has 0 aromatic heterocycles. The van der Waals surface area contributed by atoms with E-state index in [-0.39, 0.29) is 0 Å². The van der Waals surface area contributed by atoms with Gasteiger partial charge in [0.1, 0.15) is 0 Å². The van der Waals surface area contributed by atoms with Crippen molar-refractivity contribution in [2.75, 3.05) is 0 Å². The van der Waals surface area contributed by atoms with Crippen molar-refractivity contribution < 1.29 is 0 Å². The van der Waals surface area contributed by atoms with E-state index in [0.717, 1.165) is 0 Å². The van der Waals surface area contributed by atoms with Gasteiger partial charge in [-0.25, -0.2) is 0 Å². The molecular formula is C19H17. The van der Waals surface area contributed by atoms with Crippen LogP contribution < -0.4 is 0 Å². The van der Waals surface area contributed by atoms with E-state index in [1.807, 2.05) is 0 Å². The largest absolute Gasteiger partial charge is 0.0721 e. The van der Waals surface area contributed by atoms with Crippen LogP contribution in [0.1, 0.15) is 24.0 Å². The minimum absolute atomic E-state index is 0.330. The predicted octanol–water partition coefficient (Wildman–Crippen LogP) is 4.91. The summed E-state index contributed by atoms with van der Waals surface area (Å²) < 4.78 is 0. The Kier molecular flexibility index (Phi) is 3.33. The minimum Gasteiger partial charge on any atom is -0.0721 e. The second-order valence-corrected chi connectivity index (χ2v) is 4.98. The van der Waals surface area contributed by atoms with E-state index in [0.29, 0.717) is 5.92 Å². The van der Waals surface area contributed by atoms with Gasteiger partial charge in [0.05, 0.1) is 0 Å². The van der Waals surface area contributed by atoms with Crippen LogP contribution in [-0.2, 0) is 0 Å². The van der Waals surface area contributed by atoms with Crippen molar-refractivity contribution in [3.05, 3.63) is 102 Å². The summed E-state index contributed by atoms with van der Waals surface area (Å²) in [7, 11) is 0. The maximum absolute atomic E-state index is 2.28. The first-order chi connectivity index (χ1) is 9.34. The lowest BCUT2D eigenvalue weighted by Gasteiger charge is -2.21. The van der Waals surface area contributed by atoms with E-state index < -0.39 is 0 Å². The molecule has 19 heavy (non-hydrogen) atoms. The fraction of sp³-hybridized carbons (Fsp3) is 0.105. The van der Waals surface area contributed by atoms with E-state index in [2.05, 4.69) is 85.8 Å². The molecule has 0 unspecified atom stereocenters. The highest BCUT2D eigenvalue weighted by molar-refractivity contribution is 5.51. The number of allylic oxidation sites excluding steroid dienone is 4. The van der Waals surface area contributed by atoms with Crippen LogP contribution in [0.4, 0.5) is 0 Å². The molecule has 0 N–H and O–H groups in total. The van der Waals surface area contributed by atoms with Gasteiger partial charge in [-0.1, -0.05) is 84.5 Å². The number of rotatable bonds is 3. The van der Waals surface area contributed by atoms with Crippen LogP contribution in [0.5, 0.6) is 0 Å². The molecule has 1 aliphatic rings. The van der Waals surface area contributed by atoms with Crippen LogP contribution >= 0.6 is 0 Å². The van der Waals surface area contributed by atoms with Crippen LogP contribution in [-0.4, -0.2) is 0 Å². The Balaban J connectivity index is 2.05. The fourth-order valence-electron chi connectivity index (χ4n) is 2.63. The molecule has 0 saturated carbocycles. The third-order valence-electron chi connectivity index (χ3n) is 3.53. The van der Waals surface area contributed by atoms with Crippen molar-refractivity contribution in [1.82, 2.24) is 0 Å². The molecule has 2 aromatic carbocycles. The lowest BCUT2D eigenvalue weighted by Crippen LogP contribution is -2.07. The van der Waals surface area contributed by atoms with Gasteiger partial charge in [-0.15, -0.1) is 0 Å². The molecule has 0 heterocycles. The summed E-state index contributed by atoms with van der Waals surface area (Å²) >= 11 is 0. The molecule has 0 atom stereocenters. The van der Waals surface area contributed by atoms with Gasteiger partial charge in [0.2, 0.25) is 0 Å². The van der Waals surface area contributed by atoms with Gasteiger partial charge in [0.25, 0.3) is 0 Å². The number of hydrogen-bond donors (Lipinski definition) is 0. The minimum atomic E-state index is 0.330. The summed E-state index contributed by atoms with van der Waals surface area (Å²) in [5.74, 6) is 1.70. The zero-order chi connectivity index (χ0) is 13.1. The lowest BCUT2D eigenvalue weighted by atomic mass is 9.81. The van der Waals surface area contributed by atoms with Crippen molar-refractivity contribution in [2.24, 2.45) is 0 Å². The molecule has 93 valence electrons. The van der Waals surface area contributed by atoms with Crippen molar-refractivity contribution in [2.45, 2.75) is 12.8 Å². The van der Waals surface area contributed by atoms with Gasteiger partial charge in [-0.2, -0.15) is 0 Å². The van der Waals surface area contributed by atoms with Gasteiger partial charge in [-0.3, -0.25) is 0 Å². The first kappa shape index (κ1) is 12.0. The molecule has 2 aromatic rings. The topological polar surface area (TPSA) is 0 Å². The molecular weight excluding hydrogens is 228 g/mol. The average molecular weight is 245 g/mol. The normalized spacial score (nSPS) is 14.9. The van der Waals surface area contributed by atoms with Crippen molar-refractivity contribution >= 4 is 0 Å². The molecule has 0 bridgehead atoms. The lowest BCUT2D eigenvalue weighted by molar-refractivity contribution is 0.908. The number of benzene rings is 2. The summed E-state index contributed by atoms with van der Waals surface area (Å²) in [6.07, 6.45) is 6.71. The first-order valence-electron chi connectivity index (χ1n) is 6.68. The molecule has 0 spiro atoms. The Bertz CT molecular complexity index is 551. The molecule has 1 radical (unpaired) electrons. The van der Waals surface area contributed by atoms with Gasteiger partial charge in [0.15, 0.2) is 0 Å². The summed E-state index contributed by atoms with van der Waals surface area (Å²) in [6, 6.07) is 21.4. The smallest absolute Gasteiger partial charge is 0.0315 e. The van der Waals surface area contributed by atoms with E-state index in [9.17, 15) is 0 Å². The predicted molar refractivity (Wildman–Crippen MR) is 80.9 cm³/mol. The highest BCUT2D eigenvalue weighted by atomic mass is 14.3. The van der Waals surface area contributed by atoms with E-state index in [4.69, 9.17) is 0 Å². The third-order valence-corrected chi connectivity index (χ3v) is 3.53. The third kappa shape index (κ3) is 2.53. The van der Waals surface area contributed by atoms with Crippen LogP contribution in [0, 0.1) is 5.92 Å². The quantitative estimate of drug-likeness (QED) is 0.720. The maximum Gasteiger partial charge on any atom is 0.0315 e. The van der Waals surface area contributed by atoms with Gasteiger partial charge in [-0.05, 0) is 18.1 Å². The Hall–Kier alpha value is -2.08. The van der Waals surface area contributed by atoms with Crippen LogP contribution in [0.2, 0.25) is 0 Å². The van der Waals surface area contributed by atoms with E-state index in [1.165, 1.54) is 22.6 Å². The zero-order valence-electron chi connectivity index (χ0n) is 11.1. The van der Waals surface area contributed by atoms with E-state index in [1.54, 1.807) is 0 Å². The number of hydrogen-bond acceptors (Lipinski definition) is 0. The average Bonchev–Trinajstić information content (AvgIpc) is 2.88. The molecule has 0 aliphatic heterocycles. The Morgan fingerprint density at radius 2 is 1.21 bits per heavy atom. The molecule has 0 heteroatoms. The Labute approximate surface area is 115 Å². The van der Waals surface area contributed by atoms with Crippen LogP contribution in [0.3, 0.4) is 0 Å². The highest BCUT2D eigenvalue weighted by Crippen LogP contribution is 2.38. The van der Waals surface area contributed by atoms with E-state index >= 15 is 0 Å². The van der Waals surface area contributed by atoms with Gasteiger partial charge >= 0.3 is 0 Å². The Morgan fingerprint density at radius 3 is 1.63 bits per heavy atom. The SMILES string of the molecule is CC1=C[C](C(c2ccccc2)c2ccccc2)C=C1. The second-order valence-electron chi connectivity index (χ2n) is 4.98. The molecule has 0 saturated heterocycles. The van der Waals surface area contributed by atoms with Gasteiger partial charge < -0.3 is 0 Å². The first-order valence-corrected chi connectivity index (χ1v) is 6.68. The fourth-order valence-corrected chi connectivity index (χ4v) is 2.63. The van der Waals surface area contributed by atoms with Crippen molar-refractivity contribution in [3.63, 3.8) is 0 Å². The molecule has 0 nitrogen and oxygen atoms in total. The second kappa shape index (κ2) is 5.27. The van der Waals surface area contributed by atoms with Crippen molar-refractivity contribution in [1.29, 1.82) is 0 Å². The summed E-state index contributed by atoms with van der Waals surface area (Å²) in [5, 5.41) is 0. The molecule has 1 aliphatic carbocycles. The van der Waals surface area contributed by atoms with Gasteiger partial charge in [0, 0.05) is 11.8 Å². The maximum atomic E-state index is 2.28. The molecule has 0 amide bonds. The standard InChI is InChI=1S/C19H17/c1-15-12-13-18(14-15)19(16-8-4-2-5-9-16)17-10-6-3-7-11-17/h2-14,19H,1H3. The van der Waals surface area contributed by atoms with Crippen LogP contribution in [0.25, 0.3) is 0 Å². The summed E-state index contributed by atoms with van der Waals surface area (Å²) in [6.45, 7) is 2.15. The highest BCUT2D eigenvalue weighted by Gasteiger charge is 2.23. The zero-order valence-corrected chi connectivity index (χ0v) is 11.1. The summed E-state index contributed by atoms with van der Waals surface area (Å²) in [5.41, 5.74) is 4.02.